The second-order valence-corrected chi connectivity index (χ2v) is 6.68. The summed E-state index contributed by atoms with van der Waals surface area (Å²) in [4.78, 5) is 18.5. The fourth-order valence-electron chi connectivity index (χ4n) is 3.46. The molecule has 138 valence electrons. The van der Waals surface area contributed by atoms with Crippen LogP contribution >= 0.6 is 0 Å². The summed E-state index contributed by atoms with van der Waals surface area (Å²) in [5.74, 6) is 0.310. The van der Waals surface area contributed by atoms with Crippen LogP contribution < -0.4 is 0 Å². The van der Waals surface area contributed by atoms with E-state index in [2.05, 4.69) is 29.2 Å². The zero-order valence-electron chi connectivity index (χ0n) is 15.2. The van der Waals surface area contributed by atoms with Gasteiger partial charge in [-0.2, -0.15) is 0 Å². The number of aromatic nitrogens is 1. The minimum absolute atomic E-state index is 0.0498. The molecule has 1 saturated heterocycles. The molecule has 5 heteroatoms. The van der Waals surface area contributed by atoms with Crippen LogP contribution in [0.15, 0.2) is 54.7 Å². The lowest BCUT2D eigenvalue weighted by Crippen LogP contribution is -2.48. The molecule has 0 bridgehead atoms. The predicted molar refractivity (Wildman–Crippen MR) is 99.5 cm³/mol. The van der Waals surface area contributed by atoms with Gasteiger partial charge < -0.3 is 14.4 Å². The summed E-state index contributed by atoms with van der Waals surface area (Å²) in [5, 5.41) is 0. The monoisotopic (exact) mass is 354 g/mol. The van der Waals surface area contributed by atoms with Crippen molar-refractivity contribution in [1.29, 1.82) is 0 Å². The number of likely N-dealkylation sites (tertiary alicyclic amines) is 1. The fraction of sp³-hybridized carbons (Fsp3) is 0.429. The van der Waals surface area contributed by atoms with Crippen LogP contribution in [0.4, 0.5) is 0 Å². The summed E-state index contributed by atoms with van der Waals surface area (Å²) < 4.78 is 11.2. The SMILES string of the molecule is COCC(=O)N1CC[C@@H](OCc2ccccn2)[C@@H](Cc2ccccc2)C1. The van der Waals surface area contributed by atoms with Gasteiger partial charge in [0, 0.05) is 32.3 Å². The number of ether oxygens (including phenoxy) is 2. The van der Waals surface area contributed by atoms with Crippen LogP contribution in [0.3, 0.4) is 0 Å². The van der Waals surface area contributed by atoms with E-state index < -0.39 is 0 Å². The van der Waals surface area contributed by atoms with Crippen molar-refractivity contribution >= 4 is 5.91 Å². The van der Waals surface area contributed by atoms with E-state index in [-0.39, 0.29) is 24.5 Å². The maximum Gasteiger partial charge on any atom is 0.248 e. The molecule has 2 heterocycles. The highest BCUT2D eigenvalue weighted by molar-refractivity contribution is 5.77. The molecule has 1 fully saturated rings. The highest BCUT2D eigenvalue weighted by Crippen LogP contribution is 2.25. The van der Waals surface area contributed by atoms with Crippen molar-refractivity contribution in [2.24, 2.45) is 5.92 Å². The number of carbonyl (C=O) groups is 1. The molecule has 0 unspecified atom stereocenters. The maximum absolute atomic E-state index is 12.2. The minimum atomic E-state index is 0.0498. The van der Waals surface area contributed by atoms with Crippen LogP contribution in [-0.2, 0) is 27.3 Å². The largest absolute Gasteiger partial charge is 0.375 e. The van der Waals surface area contributed by atoms with Gasteiger partial charge in [0.15, 0.2) is 0 Å². The van der Waals surface area contributed by atoms with E-state index >= 15 is 0 Å². The summed E-state index contributed by atoms with van der Waals surface area (Å²) in [6.45, 7) is 2.05. The van der Waals surface area contributed by atoms with E-state index in [1.165, 1.54) is 5.56 Å². The van der Waals surface area contributed by atoms with Crippen molar-refractivity contribution < 1.29 is 14.3 Å². The molecular formula is C21H26N2O3. The molecule has 1 aliphatic rings. The standard InChI is InChI=1S/C21H26N2O3/c1-25-16-21(24)23-12-10-20(26-15-19-9-5-6-11-22-19)18(14-23)13-17-7-3-2-4-8-17/h2-9,11,18,20H,10,12-16H2,1H3/t18-,20+/m0/s1. The second-order valence-electron chi connectivity index (χ2n) is 6.68. The van der Waals surface area contributed by atoms with Gasteiger partial charge >= 0.3 is 0 Å². The summed E-state index contributed by atoms with van der Waals surface area (Å²) in [5.41, 5.74) is 2.20. The Hall–Kier alpha value is -2.24. The Morgan fingerprint density at radius 2 is 2.00 bits per heavy atom. The quantitative estimate of drug-likeness (QED) is 0.767. The van der Waals surface area contributed by atoms with Gasteiger partial charge in [-0.3, -0.25) is 9.78 Å². The minimum Gasteiger partial charge on any atom is -0.375 e. The Labute approximate surface area is 155 Å². The molecule has 26 heavy (non-hydrogen) atoms. The van der Waals surface area contributed by atoms with Gasteiger partial charge in [-0.1, -0.05) is 36.4 Å². The smallest absolute Gasteiger partial charge is 0.248 e. The molecule has 0 spiro atoms. The summed E-state index contributed by atoms with van der Waals surface area (Å²) in [7, 11) is 1.56. The molecule has 5 nitrogen and oxygen atoms in total. The van der Waals surface area contributed by atoms with Gasteiger partial charge in [-0.05, 0) is 30.5 Å². The number of nitrogens with zero attached hydrogens (tertiary/aromatic N) is 2. The van der Waals surface area contributed by atoms with Crippen molar-refractivity contribution in [1.82, 2.24) is 9.88 Å². The second kappa shape index (κ2) is 9.46. The van der Waals surface area contributed by atoms with E-state index in [0.29, 0.717) is 19.7 Å². The van der Waals surface area contributed by atoms with Crippen molar-refractivity contribution in [2.45, 2.75) is 25.6 Å². The molecular weight excluding hydrogens is 328 g/mol. The number of methoxy groups -OCH3 is 1. The maximum atomic E-state index is 12.2. The topological polar surface area (TPSA) is 51.7 Å². The highest BCUT2D eigenvalue weighted by Gasteiger charge is 2.32. The Morgan fingerprint density at radius 3 is 2.73 bits per heavy atom. The van der Waals surface area contributed by atoms with Crippen LogP contribution in [0, 0.1) is 5.92 Å². The number of benzene rings is 1. The Morgan fingerprint density at radius 1 is 1.19 bits per heavy atom. The number of hydrogen-bond acceptors (Lipinski definition) is 4. The molecule has 0 saturated carbocycles. The van der Waals surface area contributed by atoms with Crippen LogP contribution in [-0.4, -0.2) is 48.7 Å². The predicted octanol–water partition coefficient (Wildman–Crippen LogP) is 2.70. The average molecular weight is 354 g/mol. The average Bonchev–Trinajstić information content (AvgIpc) is 2.69. The fourth-order valence-corrected chi connectivity index (χ4v) is 3.46. The van der Waals surface area contributed by atoms with E-state index in [4.69, 9.17) is 9.47 Å². The molecule has 1 amide bonds. The number of pyridine rings is 1. The number of amides is 1. The van der Waals surface area contributed by atoms with Gasteiger partial charge in [-0.15, -0.1) is 0 Å². The highest BCUT2D eigenvalue weighted by atomic mass is 16.5. The lowest BCUT2D eigenvalue weighted by molar-refractivity contribution is -0.140. The number of rotatable bonds is 7. The first-order valence-corrected chi connectivity index (χ1v) is 9.08. The molecule has 1 aromatic carbocycles. The zero-order chi connectivity index (χ0) is 18.2. The molecule has 0 N–H and O–H groups in total. The molecule has 1 aliphatic heterocycles. The van der Waals surface area contributed by atoms with Crippen molar-refractivity contribution in [3.8, 4) is 0 Å². The summed E-state index contributed by atoms with van der Waals surface area (Å²) in [6, 6.07) is 16.2. The van der Waals surface area contributed by atoms with E-state index in [9.17, 15) is 4.79 Å². The first-order valence-electron chi connectivity index (χ1n) is 9.08. The molecule has 2 atom stereocenters. The Balaban J connectivity index is 1.66. The van der Waals surface area contributed by atoms with Gasteiger partial charge in [0.1, 0.15) is 6.61 Å². The molecule has 0 radical (unpaired) electrons. The Kier molecular flexibility index (Phi) is 6.75. The van der Waals surface area contributed by atoms with Crippen molar-refractivity contribution in [2.75, 3.05) is 26.8 Å². The van der Waals surface area contributed by atoms with Gasteiger partial charge in [0.05, 0.1) is 18.4 Å². The van der Waals surface area contributed by atoms with Crippen LogP contribution in [0.5, 0.6) is 0 Å². The number of carbonyl (C=O) groups excluding carboxylic acids is 1. The van der Waals surface area contributed by atoms with E-state index in [0.717, 1.165) is 18.5 Å². The first kappa shape index (κ1) is 18.5. The van der Waals surface area contributed by atoms with Gasteiger partial charge in [-0.25, -0.2) is 0 Å². The Bertz CT molecular complexity index is 678. The van der Waals surface area contributed by atoms with Crippen molar-refractivity contribution in [3.05, 3.63) is 66.0 Å². The van der Waals surface area contributed by atoms with Crippen LogP contribution in [0.1, 0.15) is 17.7 Å². The first-order chi connectivity index (χ1) is 12.8. The molecule has 2 aromatic rings. The van der Waals surface area contributed by atoms with Crippen molar-refractivity contribution in [3.63, 3.8) is 0 Å². The molecule has 1 aromatic heterocycles. The third-order valence-electron chi connectivity index (χ3n) is 4.80. The third-order valence-corrected chi connectivity index (χ3v) is 4.80. The van der Waals surface area contributed by atoms with E-state index in [1.807, 2.05) is 29.2 Å². The summed E-state index contributed by atoms with van der Waals surface area (Å²) >= 11 is 0. The lowest BCUT2D eigenvalue weighted by atomic mass is 9.88. The normalized spacial score (nSPS) is 20.1. The van der Waals surface area contributed by atoms with Gasteiger partial charge in [0.25, 0.3) is 0 Å². The summed E-state index contributed by atoms with van der Waals surface area (Å²) in [6.07, 6.45) is 3.62. The van der Waals surface area contributed by atoms with Crippen LogP contribution in [0.25, 0.3) is 0 Å². The third kappa shape index (κ3) is 5.13. The van der Waals surface area contributed by atoms with Crippen LogP contribution in [0.2, 0.25) is 0 Å². The number of piperidine rings is 1. The number of hydrogen-bond donors (Lipinski definition) is 0. The molecule has 0 aliphatic carbocycles. The molecule has 3 rings (SSSR count). The van der Waals surface area contributed by atoms with E-state index in [1.54, 1.807) is 13.3 Å². The zero-order valence-corrected chi connectivity index (χ0v) is 15.2. The van der Waals surface area contributed by atoms with Gasteiger partial charge in [0.2, 0.25) is 5.91 Å². The lowest BCUT2D eigenvalue weighted by Gasteiger charge is -2.38.